The van der Waals surface area contributed by atoms with Gasteiger partial charge in [-0.15, -0.1) is 24.0 Å². The summed E-state index contributed by atoms with van der Waals surface area (Å²) >= 11 is 5.95. The third-order valence-corrected chi connectivity index (χ3v) is 5.01. The molecule has 27 heavy (non-hydrogen) atoms. The summed E-state index contributed by atoms with van der Waals surface area (Å²) in [6.07, 6.45) is 0. The van der Waals surface area contributed by atoms with E-state index in [-0.39, 0.29) is 36.5 Å². The maximum atomic E-state index is 9.64. The molecule has 146 valence electrons. The molecule has 0 radical (unpaired) electrons. The number of hydrogen-bond donors (Lipinski definition) is 2. The van der Waals surface area contributed by atoms with Crippen molar-refractivity contribution in [3.05, 3.63) is 65.2 Å². The highest BCUT2D eigenvalue weighted by atomic mass is 127. The van der Waals surface area contributed by atoms with E-state index in [1.807, 2.05) is 54.6 Å². The summed E-state index contributed by atoms with van der Waals surface area (Å²) in [7, 11) is 0. The van der Waals surface area contributed by atoms with Gasteiger partial charge in [0, 0.05) is 42.8 Å². The van der Waals surface area contributed by atoms with Gasteiger partial charge in [-0.05, 0) is 29.8 Å². The van der Waals surface area contributed by atoms with Crippen molar-refractivity contribution in [1.82, 2.24) is 4.90 Å². The molecule has 2 aromatic rings. The second kappa shape index (κ2) is 10.7. The van der Waals surface area contributed by atoms with E-state index in [0.29, 0.717) is 12.5 Å². The van der Waals surface area contributed by atoms with E-state index in [0.717, 1.165) is 36.8 Å². The largest absolute Gasteiger partial charge is 0.396 e. The van der Waals surface area contributed by atoms with Crippen LogP contribution in [0.25, 0.3) is 0 Å². The fraction of sp³-hybridized carbons (Fsp3) is 0.350. The van der Waals surface area contributed by atoms with E-state index in [1.54, 1.807) is 0 Å². The van der Waals surface area contributed by atoms with Crippen LogP contribution in [-0.4, -0.2) is 55.3 Å². The number of aliphatic imine (C=N–C) groups is 1. The van der Waals surface area contributed by atoms with Crippen molar-refractivity contribution in [2.75, 3.05) is 44.2 Å². The summed E-state index contributed by atoms with van der Waals surface area (Å²) < 4.78 is 0. The highest BCUT2D eigenvalue weighted by Crippen LogP contribution is 2.19. The van der Waals surface area contributed by atoms with Crippen molar-refractivity contribution in [2.45, 2.75) is 5.92 Å². The maximum absolute atomic E-state index is 9.64. The third-order valence-electron chi connectivity index (χ3n) is 4.76. The summed E-state index contributed by atoms with van der Waals surface area (Å²) in [4.78, 5) is 8.95. The standard InChI is InChI=1S/C20H25ClN4O.HI/c21-18-6-8-19(9-7-18)24-10-12-25(13-11-24)20(22)23-14-17(15-26)16-4-2-1-3-5-16;/h1-9,17,26H,10-15H2,(H2,22,23);1H. The highest BCUT2D eigenvalue weighted by molar-refractivity contribution is 14.0. The van der Waals surface area contributed by atoms with Gasteiger partial charge in [-0.1, -0.05) is 41.9 Å². The first-order chi connectivity index (χ1) is 12.7. The van der Waals surface area contributed by atoms with Crippen LogP contribution in [0.5, 0.6) is 0 Å². The molecule has 1 unspecified atom stereocenters. The van der Waals surface area contributed by atoms with Crippen LogP contribution in [-0.2, 0) is 0 Å². The first-order valence-corrected chi connectivity index (χ1v) is 9.26. The number of aliphatic hydroxyl groups is 1. The maximum Gasteiger partial charge on any atom is 0.191 e. The van der Waals surface area contributed by atoms with Crippen molar-refractivity contribution in [1.29, 1.82) is 0 Å². The molecule has 0 bridgehead atoms. The molecule has 1 aliphatic heterocycles. The molecule has 0 amide bonds. The predicted molar refractivity (Wildman–Crippen MR) is 123 cm³/mol. The molecule has 1 heterocycles. The zero-order valence-electron chi connectivity index (χ0n) is 15.2. The number of hydrogen-bond acceptors (Lipinski definition) is 3. The monoisotopic (exact) mass is 500 g/mol. The number of nitrogens with two attached hydrogens (primary N) is 1. The van der Waals surface area contributed by atoms with Gasteiger partial charge >= 0.3 is 0 Å². The normalized spacial score (nSPS) is 16.0. The van der Waals surface area contributed by atoms with Crippen LogP contribution in [0, 0.1) is 0 Å². The van der Waals surface area contributed by atoms with Crippen molar-refractivity contribution >= 4 is 47.2 Å². The molecule has 1 fully saturated rings. The molecular weight excluding hydrogens is 475 g/mol. The van der Waals surface area contributed by atoms with Gasteiger partial charge in [-0.3, -0.25) is 4.99 Å². The molecule has 5 nitrogen and oxygen atoms in total. The minimum Gasteiger partial charge on any atom is -0.396 e. The van der Waals surface area contributed by atoms with Crippen molar-refractivity contribution in [3.63, 3.8) is 0 Å². The van der Waals surface area contributed by atoms with Gasteiger partial charge in [-0.2, -0.15) is 0 Å². The Kier molecular flexibility index (Phi) is 8.66. The van der Waals surface area contributed by atoms with E-state index < -0.39 is 0 Å². The molecule has 1 saturated heterocycles. The molecule has 3 N–H and O–H groups in total. The average Bonchev–Trinajstić information content (AvgIpc) is 2.70. The molecule has 2 aromatic carbocycles. The zero-order valence-corrected chi connectivity index (χ0v) is 18.3. The SMILES string of the molecule is I.NC(=NCC(CO)c1ccccc1)N1CCN(c2ccc(Cl)cc2)CC1. The van der Waals surface area contributed by atoms with Crippen LogP contribution in [0.4, 0.5) is 5.69 Å². The van der Waals surface area contributed by atoms with Gasteiger partial charge in [0.1, 0.15) is 0 Å². The number of benzene rings is 2. The number of halogens is 2. The molecule has 0 spiro atoms. The first-order valence-electron chi connectivity index (χ1n) is 8.88. The number of aliphatic hydroxyl groups excluding tert-OH is 1. The van der Waals surface area contributed by atoms with Crippen LogP contribution in [0.15, 0.2) is 59.6 Å². The van der Waals surface area contributed by atoms with Crippen molar-refractivity contribution in [2.24, 2.45) is 10.7 Å². The number of guanidine groups is 1. The summed E-state index contributed by atoms with van der Waals surface area (Å²) in [5, 5.41) is 10.4. The van der Waals surface area contributed by atoms with Gasteiger partial charge in [0.25, 0.3) is 0 Å². The van der Waals surface area contributed by atoms with Crippen LogP contribution in [0.2, 0.25) is 5.02 Å². The molecule has 7 heteroatoms. The predicted octanol–water partition coefficient (Wildman–Crippen LogP) is 3.17. The fourth-order valence-electron chi connectivity index (χ4n) is 3.14. The Morgan fingerprint density at radius 2 is 1.67 bits per heavy atom. The number of anilines is 1. The summed E-state index contributed by atoms with van der Waals surface area (Å²) in [6.45, 7) is 3.98. The molecular formula is C20H26ClIN4O. The number of nitrogens with zero attached hydrogens (tertiary/aromatic N) is 3. The second-order valence-electron chi connectivity index (χ2n) is 6.44. The third kappa shape index (κ3) is 5.99. The van der Waals surface area contributed by atoms with E-state index in [4.69, 9.17) is 17.3 Å². The van der Waals surface area contributed by atoms with Crippen molar-refractivity contribution < 1.29 is 5.11 Å². The van der Waals surface area contributed by atoms with E-state index in [1.165, 1.54) is 5.69 Å². The van der Waals surface area contributed by atoms with Gasteiger partial charge in [0.05, 0.1) is 13.2 Å². The highest BCUT2D eigenvalue weighted by Gasteiger charge is 2.19. The lowest BCUT2D eigenvalue weighted by Crippen LogP contribution is -2.51. The average molecular weight is 501 g/mol. The molecule has 0 aromatic heterocycles. The van der Waals surface area contributed by atoms with E-state index in [9.17, 15) is 5.11 Å². The first kappa shape index (κ1) is 21.8. The van der Waals surface area contributed by atoms with E-state index in [2.05, 4.69) is 14.8 Å². The van der Waals surface area contributed by atoms with Crippen LogP contribution >= 0.6 is 35.6 Å². The minimum atomic E-state index is -0.0230. The number of piperazine rings is 1. The topological polar surface area (TPSA) is 65.1 Å². The Balaban J connectivity index is 0.00000261. The van der Waals surface area contributed by atoms with Crippen LogP contribution < -0.4 is 10.6 Å². The molecule has 1 aliphatic rings. The molecule has 3 rings (SSSR count). The Labute approximate surface area is 182 Å². The van der Waals surface area contributed by atoms with Crippen molar-refractivity contribution in [3.8, 4) is 0 Å². The molecule has 0 saturated carbocycles. The van der Waals surface area contributed by atoms with Gasteiger partial charge < -0.3 is 20.6 Å². The molecule has 0 aliphatic carbocycles. The lowest BCUT2D eigenvalue weighted by atomic mass is 10.0. The fourth-order valence-corrected chi connectivity index (χ4v) is 3.27. The minimum absolute atomic E-state index is 0. The second-order valence-corrected chi connectivity index (χ2v) is 6.88. The Morgan fingerprint density at radius 3 is 2.26 bits per heavy atom. The molecule has 1 atom stereocenters. The van der Waals surface area contributed by atoms with Gasteiger partial charge in [-0.25, -0.2) is 0 Å². The Hall–Kier alpha value is -1.51. The van der Waals surface area contributed by atoms with Crippen LogP contribution in [0.1, 0.15) is 11.5 Å². The van der Waals surface area contributed by atoms with Gasteiger partial charge in [0.15, 0.2) is 5.96 Å². The van der Waals surface area contributed by atoms with Crippen LogP contribution in [0.3, 0.4) is 0 Å². The summed E-state index contributed by atoms with van der Waals surface area (Å²) in [5.41, 5.74) is 8.45. The lowest BCUT2D eigenvalue weighted by molar-refractivity contribution is 0.267. The van der Waals surface area contributed by atoms with E-state index >= 15 is 0 Å². The Bertz CT molecular complexity index is 719. The zero-order chi connectivity index (χ0) is 18.4. The lowest BCUT2D eigenvalue weighted by Gasteiger charge is -2.36. The Morgan fingerprint density at radius 1 is 1.04 bits per heavy atom. The quantitative estimate of drug-likeness (QED) is 0.376. The number of rotatable bonds is 5. The van der Waals surface area contributed by atoms with Gasteiger partial charge in [0.2, 0.25) is 0 Å². The summed E-state index contributed by atoms with van der Waals surface area (Å²) in [6, 6.07) is 17.9. The smallest absolute Gasteiger partial charge is 0.191 e. The summed E-state index contributed by atoms with van der Waals surface area (Å²) in [5.74, 6) is 0.528.